The smallest absolute Gasteiger partial charge is 0.223 e. The van der Waals surface area contributed by atoms with Gasteiger partial charge in [-0.3, -0.25) is 53.9 Å². The molecule has 6 aliphatic rings. The molecule has 6 aromatic rings. The Balaban J connectivity index is 0.000000167. The van der Waals surface area contributed by atoms with Crippen molar-refractivity contribution in [1.82, 2.24) is 69.4 Å². The molecule has 98 heavy (non-hydrogen) atoms. The summed E-state index contributed by atoms with van der Waals surface area (Å²) in [6.07, 6.45) is 14.4. The molecule has 0 saturated carbocycles. The third-order valence-corrected chi connectivity index (χ3v) is 21.0. The van der Waals surface area contributed by atoms with Crippen molar-refractivity contribution in [3.63, 3.8) is 0 Å². The van der Waals surface area contributed by atoms with Crippen molar-refractivity contribution in [2.45, 2.75) is 222 Å². The first-order valence-corrected chi connectivity index (χ1v) is 37.8. The Morgan fingerprint density at radius 1 is 0.602 bits per heavy atom. The van der Waals surface area contributed by atoms with Crippen LogP contribution in [0.2, 0.25) is 5.02 Å². The third-order valence-electron chi connectivity index (χ3n) is 19.8. The van der Waals surface area contributed by atoms with Crippen molar-refractivity contribution in [2.75, 3.05) is 98.2 Å². The van der Waals surface area contributed by atoms with E-state index in [0.29, 0.717) is 71.0 Å². The second-order valence-corrected chi connectivity index (χ2v) is 30.0. The van der Waals surface area contributed by atoms with Crippen molar-refractivity contribution in [2.24, 2.45) is 0 Å². The number of Topliss-reactive ketones (excluding diaryl/α,β-unsaturated/α-hetero) is 1. The molecule has 4 unspecified atom stereocenters. The van der Waals surface area contributed by atoms with Crippen LogP contribution in [0.4, 0.5) is 0 Å². The Bertz CT molecular complexity index is 3170. The van der Waals surface area contributed by atoms with Crippen LogP contribution in [-0.2, 0) is 17.8 Å². The molecule has 1 aromatic carbocycles. The number of nitriles is 1. The molecular formula is C77H118ClN15O4S. The van der Waals surface area contributed by atoms with Crippen LogP contribution < -0.4 is 0 Å². The highest BCUT2D eigenvalue weighted by Crippen LogP contribution is 2.36. The summed E-state index contributed by atoms with van der Waals surface area (Å²) in [7, 11) is 0. The van der Waals surface area contributed by atoms with E-state index in [1.54, 1.807) is 10.9 Å². The van der Waals surface area contributed by atoms with Crippen LogP contribution in [-0.4, -0.2) is 222 Å². The number of piperazine rings is 3. The topological polar surface area (TPSA) is 178 Å². The standard InChI is InChI=1S/C16H22ClN3O2.C15H21N3.C14H23N3.C11H18N2O.C11H17NS.C10H17N3O/c1-12(2)19-7-9-20(10-8-19)16(22)4-3-15(21)14-11-13(17)5-6-18-14;1-13(2)17-8-9-18(15(10-16)12-17)11-14-6-4-3-5-7-14;1-13(2)17-11-9-16(10-12-17)8-5-14-3-6-15-7-4-14;1-8(2)13-6-4-5-11(13)10-7-9(3)14-12-10;1-9(2)12-7-3-5-10(12)11-6-4-8-13-11;1-7(2)13-6-4-5-9(13)10-11-8(3)14-12-10/h5-6,11-12H,3-4,7-10H2,1-2H3;3-7,13,15H,8-9,11-12H2,1-2H3;3-4,6-7,13H,5,8-12H2,1-2H3;7-8,11H,4-6H2,1-3H3;4,6,8-10H,3,5,7H2,1-2H3;7,9H,4-6H2,1-3H3. The summed E-state index contributed by atoms with van der Waals surface area (Å²) in [6.45, 7) is 47.3. The fourth-order valence-electron chi connectivity index (χ4n) is 13.9. The molecule has 6 fully saturated rings. The molecule has 1 amide bonds. The molecule has 6 saturated heterocycles. The monoisotopic (exact) mass is 1380 g/mol. The van der Waals surface area contributed by atoms with Crippen LogP contribution in [0.25, 0.3) is 0 Å². The molecule has 21 heteroatoms. The van der Waals surface area contributed by atoms with Crippen LogP contribution in [0.3, 0.4) is 0 Å². The number of halogens is 1. The first-order chi connectivity index (χ1) is 47.1. The summed E-state index contributed by atoms with van der Waals surface area (Å²) in [5.41, 5.74) is 4.11. The second kappa shape index (κ2) is 41.2. The number of rotatable bonds is 18. The maximum atomic E-state index is 12.2. The number of hydrogen-bond acceptors (Lipinski definition) is 19. The number of benzene rings is 1. The molecule has 0 radical (unpaired) electrons. The van der Waals surface area contributed by atoms with Gasteiger partial charge in [0.15, 0.2) is 11.6 Å². The van der Waals surface area contributed by atoms with Gasteiger partial charge in [0.1, 0.15) is 23.2 Å². The van der Waals surface area contributed by atoms with Crippen LogP contribution >= 0.6 is 22.9 Å². The van der Waals surface area contributed by atoms with Gasteiger partial charge in [-0.2, -0.15) is 10.2 Å². The van der Waals surface area contributed by atoms with Gasteiger partial charge in [-0.1, -0.05) is 58.3 Å². The summed E-state index contributed by atoms with van der Waals surface area (Å²) >= 11 is 7.74. The van der Waals surface area contributed by atoms with Crippen molar-refractivity contribution in [1.29, 1.82) is 5.26 Å². The van der Waals surface area contributed by atoms with E-state index in [1.807, 2.05) is 48.5 Å². The molecule has 0 N–H and O–H groups in total. The van der Waals surface area contributed by atoms with Gasteiger partial charge in [-0.15, -0.1) is 11.3 Å². The summed E-state index contributed by atoms with van der Waals surface area (Å²) < 4.78 is 10.1. The Morgan fingerprint density at radius 3 is 1.72 bits per heavy atom. The average Bonchev–Trinajstić information content (AvgIpc) is 1.26. The molecule has 0 bridgehead atoms. The Hall–Kier alpha value is -5.83. The molecule has 0 aliphatic carbocycles. The van der Waals surface area contributed by atoms with Crippen molar-refractivity contribution in [3.8, 4) is 6.07 Å². The van der Waals surface area contributed by atoms with Crippen molar-refractivity contribution in [3.05, 3.63) is 147 Å². The molecule has 0 spiro atoms. The predicted molar refractivity (Wildman–Crippen MR) is 396 cm³/mol. The highest BCUT2D eigenvalue weighted by atomic mass is 35.5. The second-order valence-electron chi connectivity index (χ2n) is 28.6. The van der Waals surface area contributed by atoms with Gasteiger partial charge in [0.05, 0.1) is 18.2 Å². The fourth-order valence-corrected chi connectivity index (χ4v) is 15.0. The lowest BCUT2D eigenvalue weighted by Crippen LogP contribution is -2.53. The first-order valence-electron chi connectivity index (χ1n) is 36.6. The molecule has 12 rings (SSSR count). The molecule has 11 heterocycles. The van der Waals surface area contributed by atoms with Gasteiger partial charge >= 0.3 is 0 Å². The van der Waals surface area contributed by atoms with Crippen LogP contribution in [0.5, 0.6) is 0 Å². The summed E-state index contributed by atoms with van der Waals surface area (Å²) in [5.74, 6) is 2.33. The molecule has 5 aromatic heterocycles. The van der Waals surface area contributed by atoms with Gasteiger partial charge in [-0.05, 0) is 201 Å². The molecule has 4 atom stereocenters. The Kier molecular flexibility index (Phi) is 33.4. The number of ketones is 1. The lowest BCUT2D eigenvalue weighted by atomic mass is 10.1. The zero-order chi connectivity index (χ0) is 70.7. The number of thiophene rings is 1. The van der Waals surface area contributed by atoms with Crippen molar-refractivity contribution >= 4 is 34.6 Å². The summed E-state index contributed by atoms with van der Waals surface area (Å²) in [6, 6.07) is 31.9. The van der Waals surface area contributed by atoms with Gasteiger partial charge < -0.3 is 18.8 Å². The van der Waals surface area contributed by atoms with E-state index in [4.69, 9.17) is 20.6 Å². The predicted octanol–water partition coefficient (Wildman–Crippen LogP) is 13.8. The minimum atomic E-state index is -0.142. The maximum absolute atomic E-state index is 12.2. The highest BCUT2D eigenvalue weighted by Gasteiger charge is 2.33. The molecule has 6 aliphatic heterocycles. The summed E-state index contributed by atoms with van der Waals surface area (Å²) in [5, 5.41) is 20.1. The number of likely N-dealkylation sites (tertiary alicyclic amines) is 3. The number of carbonyl (C=O) groups excluding carboxylic acids is 2. The lowest BCUT2D eigenvalue weighted by molar-refractivity contribution is -0.133. The van der Waals surface area contributed by atoms with Crippen LogP contribution in [0, 0.1) is 25.2 Å². The quantitative estimate of drug-likeness (QED) is 0.0741. The fraction of sp³-hybridized carbons (Fsp3) is 0.636. The number of nitrogens with zero attached hydrogens (tertiary/aromatic N) is 15. The van der Waals surface area contributed by atoms with Gasteiger partial charge in [0.2, 0.25) is 11.8 Å². The SMILES string of the molecule is CC(C)N1CCCC1c1cccs1.CC(C)N1CCN(C(=O)CCC(=O)c2cc(Cl)ccn2)CC1.CC(C)N1CCN(CCc2ccncc2)CC1.CC(C)N1CCN(Cc2ccccc2)C(C#N)C1.Cc1cc(C2CCCN2C(C)C)no1.Cc1nc(C2CCCN2C(C)C)no1. The molecular weight excluding hydrogens is 1270 g/mol. The average molecular weight is 1390 g/mol. The first kappa shape index (κ1) is 79.5. The van der Waals surface area contributed by atoms with Crippen LogP contribution in [0.1, 0.15) is 202 Å². The molecule has 538 valence electrons. The number of hydrogen-bond donors (Lipinski definition) is 0. The zero-order valence-corrected chi connectivity index (χ0v) is 63.4. The van der Waals surface area contributed by atoms with E-state index >= 15 is 0 Å². The normalized spacial score (nSPS) is 20.9. The number of aromatic nitrogens is 5. The van der Waals surface area contributed by atoms with Gasteiger partial charge in [-0.25, -0.2) is 0 Å². The minimum Gasteiger partial charge on any atom is -0.361 e. The van der Waals surface area contributed by atoms with E-state index in [2.05, 4.69) is 214 Å². The third kappa shape index (κ3) is 25.4. The van der Waals surface area contributed by atoms with Gasteiger partial charge in [0.25, 0.3) is 0 Å². The van der Waals surface area contributed by atoms with Crippen LogP contribution in [0.15, 0.2) is 106 Å². The number of amides is 1. The number of pyridine rings is 2. The largest absolute Gasteiger partial charge is 0.361 e. The Morgan fingerprint density at radius 2 is 1.18 bits per heavy atom. The summed E-state index contributed by atoms with van der Waals surface area (Å²) in [4.78, 5) is 59.7. The Labute approximate surface area is 597 Å². The number of aryl methyl sites for hydroxylation is 2. The van der Waals surface area contributed by atoms with E-state index in [-0.39, 0.29) is 30.6 Å². The van der Waals surface area contributed by atoms with E-state index in [1.165, 1.54) is 101 Å². The zero-order valence-electron chi connectivity index (χ0n) is 61.8. The van der Waals surface area contributed by atoms with E-state index < -0.39 is 0 Å². The minimum absolute atomic E-state index is 0.0151. The molecule has 19 nitrogen and oxygen atoms in total. The van der Waals surface area contributed by atoms with Gasteiger partial charge in [0, 0.05) is 182 Å². The van der Waals surface area contributed by atoms with Crippen molar-refractivity contribution < 1.29 is 18.6 Å². The highest BCUT2D eigenvalue weighted by molar-refractivity contribution is 7.10. The lowest BCUT2D eigenvalue weighted by Gasteiger charge is -2.40. The number of carbonyl (C=O) groups is 2. The maximum Gasteiger partial charge on any atom is 0.223 e. The van der Waals surface area contributed by atoms with E-state index in [0.717, 1.165) is 89.0 Å². The van der Waals surface area contributed by atoms with E-state index in [9.17, 15) is 14.9 Å².